The second-order valence-corrected chi connectivity index (χ2v) is 19.3. The van der Waals surface area contributed by atoms with Gasteiger partial charge in [0.25, 0.3) is 27.1 Å². The number of aliphatic carboxylic acids is 3. The minimum Gasteiger partial charge on any atom is -0.480 e. The van der Waals surface area contributed by atoms with Crippen molar-refractivity contribution in [2.75, 3.05) is 23.7 Å². The van der Waals surface area contributed by atoms with Gasteiger partial charge in [0.2, 0.25) is 0 Å². The van der Waals surface area contributed by atoms with Gasteiger partial charge in [0, 0.05) is 22.9 Å². The van der Waals surface area contributed by atoms with Crippen LogP contribution in [0.25, 0.3) is 11.0 Å². The van der Waals surface area contributed by atoms with Gasteiger partial charge >= 0.3 is 17.9 Å². The lowest BCUT2D eigenvalue weighted by Crippen LogP contribution is -2.35. The van der Waals surface area contributed by atoms with Crippen molar-refractivity contribution in [3.8, 4) is 0 Å². The number of anilines is 1. The van der Waals surface area contributed by atoms with Crippen molar-refractivity contribution in [1.82, 2.24) is 14.0 Å². The number of aromatic nitrogens is 2. The van der Waals surface area contributed by atoms with Crippen LogP contribution in [0.15, 0.2) is 67.6 Å². The second kappa shape index (κ2) is 17.4. The molecule has 0 spiro atoms. The van der Waals surface area contributed by atoms with Crippen LogP contribution in [0.1, 0.15) is 17.5 Å². The number of carboxylic acids is 3. The summed E-state index contributed by atoms with van der Waals surface area (Å²) < 4.78 is 33.8. The van der Waals surface area contributed by atoms with Gasteiger partial charge in [-0.05, 0) is 48.3 Å². The summed E-state index contributed by atoms with van der Waals surface area (Å²) >= 11 is 15.1. The van der Waals surface area contributed by atoms with E-state index >= 15 is 0 Å². The number of carbonyl (C=O) groups excluding carboxylic acids is 1. The van der Waals surface area contributed by atoms with Crippen LogP contribution < -0.4 is 25.2 Å². The number of thioether (sulfide) groups is 2. The summed E-state index contributed by atoms with van der Waals surface area (Å²) in [6.07, 6.45) is 1.80. The summed E-state index contributed by atoms with van der Waals surface area (Å²) in [4.78, 5) is 80.3. The van der Waals surface area contributed by atoms with E-state index in [0.29, 0.717) is 44.4 Å². The lowest BCUT2D eigenvalue weighted by molar-refractivity contribution is -0.140. The Kier molecular flexibility index (Phi) is 12.9. The summed E-state index contributed by atoms with van der Waals surface area (Å²) in [6, 6.07) is 12.8. The molecule has 0 unspecified atom stereocenters. The summed E-state index contributed by atoms with van der Waals surface area (Å²) in [5.41, 5.74) is 1.06. The Labute approximate surface area is 354 Å². The first-order valence-corrected chi connectivity index (χ1v) is 22.4. The van der Waals surface area contributed by atoms with Gasteiger partial charge < -0.3 is 20.2 Å². The lowest BCUT2D eigenvalue weighted by Gasteiger charge is -2.23. The molecule has 4 aromatic rings. The predicted octanol–water partition coefficient (Wildman–Crippen LogP) is 2.73. The maximum absolute atomic E-state index is 14.2. The van der Waals surface area contributed by atoms with Gasteiger partial charge in [-0.3, -0.25) is 47.4 Å². The third kappa shape index (κ3) is 9.33. The van der Waals surface area contributed by atoms with E-state index in [1.54, 1.807) is 12.1 Å². The highest BCUT2D eigenvalue weighted by molar-refractivity contribution is 8.30. The van der Waals surface area contributed by atoms with Gasteiger partial charge in [-0.25, -0.2) is 0 Å². The van der Waals surface area contributed by atoms with Crippen molar-refractivity contribution >= 4 is 125 Å². The molecular weight excluding hydrogens is 896 g/mol. The number of thiazole rings is 2. The molecule has 304 valence electrons. The number of fused-ring (bicyclic) bond motifs is 1. The van der Waals surface area contributed by atoms with Crippen LogP contribution in [0.3, 0.4) is 0 Å². The van der Waals surface area contributed by atoms with Crippen LogP contribution in [0.2, 0.25) is 5.02 Å². The number of nitrogens with zero attached hydrogens (tertiary/aromatic N) is 4. The number of allylic oxidation sites excluding steroid dienone is 1. The Morgan fingerprint density at radius 1 is 0.862 bits per heavy atom. The zero-order valence-electron chi connectivity index (χ0n) is 29.7. The number of amides is 1. The molecule has 1 saturated heterocycles. The highest BCUT2D eigenvalue weighted by Gasteiger charge is 2.36. The predicted molar refractivity (Wildman–Crippen MR) is 224 cm³/mol. The van der Waals surface area contributed by atoms with E-state index in [0.717, 1.165) is 41.4 Å². The summed E-state index contributed by atoms with van der Waals surface area (Å²) in [5.74, 6) is -5.66. The fourth-order valence-corrected chi connectivity index (χ4v) is 11.7. The minimum absolute atomic E-state index is 0.00903. The van der Waals surface area contributed by atoms with Crippen molar-refractivity contribution < 1.29 is 47.5 Å². The van der Waals surface area contributed by atoms with E-state index in [1.165, 1.54) is 11.8 Å². The monoisotopic (exact) mass is 924 g/mol. The number of halogens is 1. The van der Waals surface area contributed by atoms with Crippen molar-refractivity contribution in [3.63, 3.8) is 0 Å². The zero-order chi connectivity index (χ0) is 42.2. The number of carboxylic acid groups (broad SMARTS) is 3. The number of thiocarbonyl (C=S) groups is 1. The molecule has 0 bridgehead atoms. The number of aryl methyl sites for hydroxylation is 1. The third-order valence-electron chi connectivity index (χ3n) is 8.49. The number of rotatable bonds is 13. The molecular formula is C35H29ClN4O12S6. The Morgan fingerprint density at radius 3 is 2.12 bits per heavy atom. The van der Waals surface area contributed by atoms with Gasteiger partial charge in [0.15, 0.2) is 0 Å². The van der Waals surface area contributed by atoms with Crippen molar-refractivity contribution in [3.05, 3.63) is 108 Å². The molecule has 1 amide bonds. The molecule has 0 atom stereocenters. The SMILES string of the molecule is Cc1cc2c(cc1Cl)N(CCCS(=O)(=O)O)C(=C(C=c1s/c(=c3/sc(=C4SC(=S)N(CC(=O)O)C4=O)n(CC(=O)O)c3=O)n(CC(=O)O)c1=O)Cc1ccccc1)S2. The Hall–Kier alpha value is -4.55. The smallest absolute Gasteiger partial charge is 0.323 e. The summed E-state index contributed by atoms with van der Waals surface area (Å²) in [5, 5.41) is 30.0. The zero-order valence-corrected chi connectivity index (χ0v) is 35.4. The molecule has 4 N–H and O–H groups in total. The first-order chi connectivity index (χ1) is 27.3. The molecule has 0 aliphatic carbocycles. The molecule has 0 radical (unpaired) electrons. The number of carbonyl (C=O) groups is 4. The highest BCUT2D eigenvalue weighted by Crippen LogP contribution is 2.49. The molecule has 58 heavy (non-hydrogen) atoms. The molecule has 2 aromatic carbocycles. The highest BCUT2D eigenvalue weighted by atomic mass is 35.5. The first-order valence-electron chi connectivity index (χ1n) is 16.7. The Balaban J connectivity index is 1.66. The van der Waals surface area contributed by atoms with Gasteiger partial charge in [-0.1, -0.05) is 77.7 Å². The molecule has 2 aliphatic heterocycles. The minimum atomic E-state index is -4.30. The topological polar surface area (TPSA) is 234 Å². The molecule has 16 nitrogen and oxygen atoms in total. The fourth-order valence-electron chi connectivity index (χ4n) is 5.99. The molecule has 0 saturated carbocycles. The van der Waals surface area contributed by atoms with E-state index in [1.807, 2.05) is 48.2 Å². The van der Waals surface area contributed by atoms with E-state index in [-0.39, 0.29) is 47.0 Å². The Morgan fingerprint density at radius 2 is 1.50 bits per heavy atom. The molecule has 4 heterocycles. The average molecular weight is 925 g/mol. The van der Waals surface area contributed by atoms with E-state index in [9.17, 15) is 57.1 Å². The van der Waals surface area contributed by atoms with E-state index in [4.69, 9.17) is 23.8 Å². The van der Waals surface area contributed by atoms with Crippen LogP contribution in [-0.2, 0) is 48.8 Å². The van der Waals surface area contributed by atoms with Crippen LogP contribution in [-0.4, -0.2) is 89.3 Å². The number of benzene rings is 2. The van der Waals surface area contributed by atoms with Crippen LogP contribution >= 0.6 is 70.0 Å². The van der Waals surface area contributed by atoms with Gasteiger partial charge in [0.1, 0.15) is 42.7 Å². The maximum atomic E-state index is 14.2. The quantitative estimate of drug-likeness (QED) is 0.112. The largest absolute Gasteiger partial charge is 0.480 e. The molecule has 23 heteroatoms. The number of hydrogen-bond acceptors (Lipinski definition) is 14. The van der Waals surface area contributed by atoms with Crippen LogP contribution in [0.5, 0.6) is 0 Å². The van der Waals surface area contributed by atoms with Crippen molar-refractivity contribution in [1.29, 1.82) is 0 Å². The molecule has 1 fully saturated rings. The summed E-state index contributed by atoms with van der Waals surface area (Å²) in [6.45, 7) is -0.669. The first kappa shape index (κ1) is 43.0. The van der Waals surface area contributed by atoms with E-state index < -0.39 is 70.4 Å². The van der Waals surface area contributed by atoms with Gasteiger partial charge in [0.05, 0.1) is 21.0 Å². The van der Waals surface area contributed by atoms with Crippen LogP contribution in [0.4, 0.5) is 5.69 Å². The second-order valence-electron chi connectivity index (χ2n) is 12.7. The molecule has 2 aromatic heterocycles. The Bertz CT molecular complexity index is 2920. The van der Waals surface area contributed by atoms with E-state index in [2.05, 4.69) is 0 Å². The maximum Gasteiger partial charge on any atom is 0.323 e. The third-order valence-corrected chi connectivity index (χ3v) is 14.9. The summed E-state index contributed by atoms with van der Waals surface area (Å²) in [7, 11) is -4.30. The molecule has 6 rings (SSSR count). The standard InChI is InChI=1S/C35H29ClN4O12S6/c1-17-10-22-21(13-20(17)36)37(8-5-9-58(50,51)52)32(54-22)19(11-18-6-3-2-4-7-18)12-23-29(47)38(14-24(41)42)33(55-23)27-30(48)39(15-25(43)44)34(56-27)28-31(49)40(16-26(45)46)35(53)57-28/h2-4,6-7,10,12-13H,5,8-9,11,14-16H2,1H3,(H,41,42)(H,43,44)(H,45,46)(H,50,51,52)/b23-12?,32-19?,33-27+,34-28?. The van der Waals surface area contributed by atoms with Crippen molar-refractivity contribution in [2.45, 2.75) is 37.8 Å². The average Bonchev–Trinajstić information content (AvgIpc) is 3.82. The lowest BCUT2D eigenvalue weighted by atomic mass is 10.1. The fraction of sp³-hybridized carbons (Fsp3) is 0.229. The van der Waals surface area contributed by atoms with Gasteiger partial charge in [-0.15, -0.1) is 22.7 Å². The number of hydrogen-bond donors (Lipinski definition) is 4. The normalized spacial score (nSPS) is 17.0. The van der Waals surface area contributed by atoms with Gasteiger partial charge in [-0.2, -0.15) is 8.42 Å². The van der Waals surface area contributed by atoms with Crippen molar-refractivity contribution in [2.24, 2.45) is 0 Å². The molecule has 2 aliphatic rings. The van der Waals surface area contributed by atoms with Crippen LogP contribution in [0, 0.1) is 16.1 Å².